The fraction of sp³-hybridized carbons (Fsp3) is 0.0952. The van der Waals surface area contributed by atoms with Gasteiger partial charge in [-0.25, -0.2) is 4.31 Å². The minimum absolute atomic E-state index is 0.0119. The number of nitrogens with zero attached hydrogens (tertiary/aromatic N) is 1. The Morgan fingerprint density at radius 1 is 1.16 bits per heavy atom. The fourth-order valence-electron chi connectivity index (χ4n) is 3.49. The topological polar surface area (TPSA) is 107 Å². The standard InChI is InChI=1S/C21H16ClN2O5S2/c1-2-29-15-7-4-3-6-12(15)17-19-14(10-9-13(22)18(19)20(23)25)24(21(17)26)31(27,28)16-8-5-11-30-16/h3-11H,2H2,1H3,(H2,23,25). The van der Waals surface area contributed by atoms with E-state index in [0.717, 1.165) is 11.3 Å². The number of anilines is 1. The Hall–Kier alpha value is -2.88. The number of ether oxygens (including phenoxy) is 1. The first-order valence-electron chi connectivity index (χ1n) is 9.14. The van der Waals surface area contributed by atoms with E-state index < -0.39 is 21.8 Å². The average molecular weight is 476 g/mol. The molecule has 2 heterocycles. The fourth-order valence-corrected chi connectivity index (χ4v) is 6.22. The number of amides is 2. The first-order valence-corrected chi connectivity index (χ1v) is 11.8. The van der Waals surface area contributed by atoms with Crippen molar-refractivity contribution in [1.82, 2.24) is 0 Å². The molecule has 0 bridgehead atoms. The van der Waals surface area contributed by atoms with Crippen LogP contribution in [-0.4, -0.2) is 26.8 Å². The van der Waals surface area contributed by atoms with Gasteiger partial charge in [-0.2, -0.15) is 8.42 Å². The number of halogens is 1. The Bertz CT molecular complexity index is 1290. The summed E-state index contributed by atoms with van der Waals surface area (Å²) < 4.78 is 33.0. The number of fused-ring (bicyclic) bond motifs is 1. The number of carbonyl (C=O) groups is 2. The monoisotopic (exact) mass is 475 g/mol. The summed E-state index contributed by atoms with van der Waals surface area (Å²) in [6.45, 7) is 2.10. The molecule has 0 spiro atoms. The molecular weight excluding hydrogens is 460 g/mol. The SMILES string of the molecule is CCOc1ccccc1[C]1C(=O)N(S(=O)(=O)c2cccs2)c2ccc(Cl)c(C(N)=O)c21. The first kappa shape index (κ1) is 21.4. The average Bonchev–Trinajstić information content (AvgIpc) is 3.35. The summed E-state index contributed by atoms with van der Waals surface area (Å²) in [5, 5.41) is 1.61. The van der Waals surface area contributed by atoms with Crippen LogP contribution in [0.3, 0.4) is 0 Å². The Morgan fingerprint density at radius 2 is 1.90 bits per heavy atom. The molecule has 1 aromatic heterocycles. The van der Waals surface area contributed by atoms with Crippen molar-refractivity contribution in [2.75, 3.05) is 10.9 Å². The van der Waals surface area contributed by atoms with E-state index in [0.29, 0.717) is 22.2 Å². The molecule has 1 aliphatic heterocycles. The number of primary amides is 1. The van der Waals surface area contributed by atoms with Crippen molar-refractivity contribution in [3.05, 3.63) is 81.5 Å². The van der Waals surface area contributed by atoms with Crippen LogP contribution in [0.2, 0.25) is 5.02 Å². The molecule has 0 saturated heterocycles. The number of sulfonamides is 1. The van der Waals surface area contributed by atoms with E-state index in [1.165, 1.54) is 18.2 Å². The Kier molecular flexibility index (Phi) is 5.50. The number of carbonyl (C=O) groups excluding carboxylic acids is 2. The van der Waals surface area contributed by atoms with Gasteiger partial charge < -0.3 is 10.5 Å². The Morgan fingerprint density at radius 3 is 2.55 bits per heavy atom. The van der Waals surface area contributed by atoms with Crippen molar-refractivity contribution in [2.45, 2.75) is 11.1 Å². The molecule has 3 aromatic rings. The largest absolute Gasteiger partial charge is 0.494 e. The number of hydrogen-bond donors (Lipinski definition) is 1. The van der Waals surface area contributed by atoms with Crippen molar-refractivity contribution >= 4 is 50.5 Å². The van der Waals surface area contributed by atoms with Gasteiger partial charge >= 0.3 is 0 Å². The van der Waals surface area contributed by atoms with Crippen molar-refractivity contribution < 1.29 is 22.7 Å². The molecule has 0 fully saturated rings. The zero-order valence-electron chi connectivity index (χ0n) is 16.2. The summed E-state index contributed by atoms with van der Waals surface area (Å²) in [4.78, 5) is 25.9. The molecule has 0 unspecified atom stereocenters. The molecular formula is C21H16ClN2O5S2. The van der Waals surface area contributed by atoms with Gasteiger partial charge in [0.25, 0.3) is 21.8 Å². The highest BCUT2D eigenvalue weighted by molar-refractivity contribution is 7.95. The van der Waals surface area contributed by atoms with Gasteiger partial charge in [-0.3, -0.25) is 9.59 Å². The maximum atomic E-state index is 13.6. The van der Waals surface area contributed by atoms with Crippen molar-refractivity contribution in [1.29, 1.82) is 0 Å². The van der Waals surface area contributed by atoms with Crippen molar-refractivity contribution in [3.63, 3.8) is 0 Å². The second-order valence-electron chi connectivity index (χ2n) is 6.49. The molecule has 2 amide bonds. The normalized spacial score (nSPS) is 14.0. The lowest BCUT2D eigenvalue weighted by Gasteiger charge is -2.18. The number of benzene rings is 2. The smallest absolute Gasteiger partial charge is 0.280 e. The Labute approximate surface area is 188 Å². The lowest BCUT2D eigenvalue weighted by Crippen LogP contribution is -2.35. The molecule has 2 N–H and O–H groups in total. The maximum absolute atomic E-state index is 13.6. The number of nitrogens with two attached hydrogens (primary N) is 1. The molecule has 0 saturated carbocycles. The zero-order chi connectivity index (χ0) is 22.3. The van der Waals surface area contributed by atoms with Crippen LogP contribution >= 0.6 is 22.9 Å². The summed E-state index contributed by atoms with van der Waals surface area (Å²) in [6, 6.07) is 12.4. The van der Waals surface area contributed by atoms with Gasteiger partial charge in [0.15, 0.2) is 0 Å². The third kappa shape index (κ3) is 3.38. The van der Waals surface area contributed by atoms with Crippen LogP contribution in [0.5, 0.6) is 5.75 Å². The van der Waals surface area contributed by atoms with Gasteiger partial charge in [-0.15, -0.1) is 11.3 Å². The van der Waals surface area contributed by atoms with E-state index in [1.807, 2.05) is 0 Å². The molecule has 0 atom stereocenters. The Balaban J connectivity index is 2.03. The van der Waals surface area contributed by atoms with Crippen molar-refractivity contribution in [2.24, 2.45) is 5.73 Å². The molecule has 159 valence electrons. The second-order valence-corrected chi connectivity index (χ2v) is 9.86. The van der Waals surface area contributed by atoms with E-state index in [-0.39, 0.29) is 32.0 Å². The number of thiophene rings is 1. The molecule has 2 aromatic carbocycles. The predicted molar refractivity (Wildman–Crippen MR) is 118 cm³/mol. The van der Waals surface area contributed by atoms with Gasteiger partial charge in [-0.1, -0.05) is 35.9 Å². The van der Waals surface area contributed by atoms with Gasteiger partial charge in [0.05, 0.1) is 22.9 Å². The highest BCUT2D eigenvalue weighted by atomic mass is 35.5. The number of rotatable bonds is 6. The molecule has 4 rings (SSSR count). The molecule has 1 radical (unpaired) electrons. The summed E-state index contributed by atoms with van der Waals surface area (Å²) in [5.41, 5.74) is 5.86. The van der Waals surface area contributed by atoms with Crippen molar-refractivity contribution in [3.8, 4) is 5.75 Å². The number of para-hydroxylation sites is 1. The van der Waals surface area contributed by atoms with Gasteiger partial charge in [0.1, 0.15) is 15.9 Å². The first-order chi connectivity index (χ1) is 14.8. The highest BCUT2D eigenvalue weighted by Crippen LogP contribution is 2.48. The van der Waals surface area contributed by atoms with E-state index in [1.54, 1.807) is 42.6 Å². The van der Waals surface area contributed by atoms with Crippen LogP contribution in [0, 0.1) is 5.92 Å². The van der Waals surface area contributed by atoms with E-state index >= 15 is 0 Å². The third-order valence-electron chi connectivity index (χ3n) is 4.69. The summed E-state index contributed by atoms with van der Waals surface area (Å²) >= 11 is 7.23. The summed E-state index contributed by atoms with van der Waals surface area (Å²) in [6.07, 6.45) is 0. The summed E-state index contributed by atoms with van der Waals surface area (Å²) in [5.74, 6) is -1.35. The van der Waals surface area contributed by atoms with Crippen LogP contribution in [0.4, 0.5) is 5.69 Å². The minimum Gasteiger partial charge on any atom is -0.494 e. The molecule has 31 heavy (non-hydrogen) atoms. The van der Waals surface area contributed by atoms with Gasteiger partial charge in [-0.05, 0) is 36.6 Å². The van der Waals surface area contributed by atoms with Crippen LogP contribution in [0.25, 0.3) is 0 Å². The molecule has 10 heteroatoms. The van der Waals surface area contributed by atoms with Crippen LogP contribution in [-0.2, 0) is 14.8 Å². The van der Waals surface area contributed by atoms with E-state index in [4.69, 9.17) is 22.1 Å². The van der Waals surface area contributed by atoms with Gasteiger partial charge in [0.2, 0.25) is 0 Å². The van der Waals surface area contributed by atoms with Gasteiger partial charge in [0, 0.05) is 11.1 Å². The molecule has 1 aliphatic rings. The quantitative estimate of drug-likeness (QED) is 0.586. The maximum Gasteiger partial charge on any atom is 0.280 e. The van der Waals surface area contributed by atoms with Crippen LogP contribution in [0.15, 0.2) is 58.1 Å². The lowest BCUT2D eigenvalue weighted by atomic mass is 9.88. The lowest BCUT2D eigenvalue weighted by molar-refractivity contribution is -0.114. The van der Waals surface area contributed by atoms with Crippen LogP contribution in [0.1, 0.15) is 28.4 Å². The van der Waals surface area contributed by atoms with E-state index in [2.05, 4.69) is 0 Å². The predicted octanol–water partition coefficient (Wildman–Crippen LogP) is 3.61. The van der Waals surface area contributed by atoms with Crippen LogP contribution < -0.4 is 14.8 Å². The summed E-state index contributed by atoms with van der Waals surface area (Å²) in [7, 11) is -4.23. The van der Waals surface area contributed by atoms with E-state index in [9.17, 15) is 18.0 Å². The zero-order valence-corrected chi connectivity index (χ0v) is 18.6. The minimum atomic E-state index is -4.23. The highest BCUT2D eigenvalue weighted by Gasteiger charge is 2.49. The molecule has 0 aliphatic carbocycles. The third-order valence-corrected chi connectivity index (χ3v) is 8.08. The molecule has 7 nitrogen and oxygen atoms in total. The number of hydrogen-bond acceptors (Lipinski definition) is 6. The second kappa shape index (κ2) is 7.99.